The molecular formula is C35H44N6O3. The molecule has 1 saturated carbocycles. The van der Waals surface area contributed by atoms with Crippen molar-refractivity contribution in [2.45, 2.75) is 70.4 Å². The van der Waals surface area contributed by atoms with Crippen molar-refractivity contribution in [1.29, 1.82) is 0 Å². The summed E-state index contributed by atoms with van der Waals surface area (Å²) in [5.74, 6) is -0.418. The Hall–Kier alpha value is -4.24. The smallest absolute Gasteiger partial charge is 0.255 e. The Bertz CT molecular complexity index is 1460. The number of amides is 3. The standard InChI is InChI=1S/C35H44N6O3/c1-35(2,3)27-8-5-24(6-9-27)32(42)39-30-23-26(33(43)38-29-12-10-28(36)11-13-29)7-14-31(30)40-19-4-20-41(22-21-40)34(44)25-15-17-37-18-16-25/h5-9,14-18,23,28-29H,4,10-13,19-22,36H2,1-3H3,(H,38,43)(H,39,42). The van der Waals surface area contributed by atoms with Crippen LogP contribution in [-0.2, 0) is 5.41 Å². The summed E-state index contributed by atoms with van der Waals surface area (Å²) in [4.78, 5) is 48.0. The molecule has 1 saturated heterocycles. The molecule has 44 heavy (non-hydrogen) atoms. The number of hydrogen-bond donors (Lipinski definition) is 3. The number of carbonyl (C=O) groups excluding carboxylic acids is 3. The third-order valence-electron chi connectivity index (χ3n) is 8.68. The monoisotopic (exact) mass is 596 g/mol. The quantitative estimate of drug-likeness (QED) is 0.369. The van der Waals surface area contributed by atoms with E-state index in [1.807, 2.05) is 41.3 Å². The van der Waals surface area contributed by atoms with Crippen LogP contribution in [0.3, 0.4) is 0 Å². The second-order valence-corrected chi connectivity index (χ2v) is 13.0. The summed E-state index contributed by atoms with van der Waals surface area (Å²) >= 11 is 0. The maximum absolute atomic E-state index is 13.5. The van der Waals surface area contributed by atoms with Crippen molar-refractivity contribution in [1.82, 2.24) is 15.2 Å². The lowest BCUT2D eigenvalue weighted by atomic mass is 9.86. The summed E-state index contributed by atoms with van der Waals surface area (Å²) < 4.78 is 0. The van der Waals surface area contributed by atoms with Crippen molar-refractivity contribution < 1.29 is 14.4 Å². The van der Waals surface area contributed by atoms with Crippen LogP contribution in [0.15, 0.2) is 67.0 Å². The van der Waals surface area contributed by atoms with Crippen LogP contribution in [0.2, 0.25) is 0 Å². The normalized spacial score (nSPS) is 19.2. The van der Waals surface area contributed by atoms with E-state index < -0.39 is 0 Å². The van der Waals surface area contributed by atoms with Crippen LogP contribution in [0.1, 0.15) is 89.5 Å². The summed E-state index contributed by atoms with van der Waals surface area (Å²) in [5, 5.41) is 6.26. The van der Waals surface area contributed by atoms with Crippen LogP contribution in [-0.4, -0.2) is 65.9 Å². The van der Waals surface area contributed by atoms with E-state index in [1.165, 1.54) is 0 Å². The first kappa shape index (κ1) is 31.2. The second kappa shape index (κ2) is 13.6. The minimum absolute atomic E-state index is 0.0165. The highest BCUT2D eigenvalue weighted by Crippen LogP contribution is 2.30. The molecule has 2 fully saturated rings. The van der Waals surface area contributed by atoms with E-state index in [2.05, 4.69) is 41.3 Å². The fourth-order valence-corrected chi connectivity index (χ4v) is 5.94. The van der Waals surface area contributed by atoms with Gasteiger partial charge in [0.1, 0.15) is 0 Å². The molecule has 0 bridgehead atoms. The molecule has 3 amide bonds. The molecule has 232 valence electrons. The first-order chi connectivity index (χ1) is 21.1. The number of anilines is 2. The van der Waals surface area contributed by atoms with E-state index in [0.29, 0.717) is 48.6 Å². The Labute approximate surface area is 260 Å². The molecule has 9 nitrogen and oxygen atoms in total. The number of rotatable bonds is 6. The summed E-state index contributed by atoms with van der Waals surface area (Å²) in [6, 6.07) is 16.9. The lowest BCUT2D eigenvalue weighted by molar-refractivity contribution is 0.0766. The molecule has 1 aliphatic carbocycles. The minimum Gasteiger partial charge on any atom is -0.368 e. The zero-order chi connectivity index (χ0) is 31.3. The minimum atomic E-state index is -0.241. The van der Waals surface area contributed by atoms with E-state index in [1.54, 1.807) is 30.6 Å². The van der Waals surface area contributed by atoms with Gasteiger partial charge in [0.2, 0.25) is 0 Å². The van der Waals surface area contributed by atoms with Crippen LogP contribution in [0.4, 0.5) is 11.4 Å². The third-order valence-corrected chi connectivity index (χ3v) is 8.68. The first-order valence-corrected chi connectivity index (χ1v) is 15.6. The molecule has 3 aromatic rings. The summed E-state index contributed by atoms with van der Waals surface area (Å²) in [7, 11) is 0. The first-order valence-electron chi connectivity index (χ1n) is 15.6. The topological polar surface area (TPSA) is 121 Å². The summed E-state index contributed by atoms with van der Waals surface area (Å²) in [6.45, 7) is 8.88. The summed E-state index contributed by atoms with van der Waals surface area (Å²) in [5.41, 5.74) is 10.2. The fraction of sp³-hybridized carbons (Fsp3) is 0.429. The predicted molar refractivity (Wildman–Crippen MR) is 174 cm³/mol. The van der Waals surface area contributed by atoms with Crippen molar-refractivity contribution in [3.8, 4) is 0 Å². The molecule has 0 unspecified atom stereocenters. The average molecular weight is 597 g/mol. The van der Waals surface area contributed by atoms with Crippen molar-refractivity contribution in [3.63, 3.8) is 0 Å². The molecule has 1 aliphatic heterocycles. The number of aromatic nitrogens is 1. The lowest BCUT2D eigenvalue weighted by Gasteiger charge is -2.28. The second-order valence-electron chi connectivity index (χ2n) is 13.0. The molecule has 2 heterocycles. The maximum Gasteiger partial charge on any atom is 0.255 e. The Balaban J connectivity index is 1.37. The van der Waals surface area contributed by atoms with Crippen molar-refractivity contribution in [3.05, 3.63) is 89.2 Å². The van der Waals surface area contributed by atoms with Gasteiger partial charge in [-0.2, -0.15) is 0 Å². The molecule has 4 N–H and O–H groups in total. The Morgan fingerprint density at radius 1 is 0.795 bits per heavy atom. The fourth-order valence-electron chi connectivity index (χ4n) is 5.94. The van der Waals surface area contributed by atoms with Gasteiger partial charge in [-0.1, -0.05) is 32.9 Å². The number of nitrogens with two attached hydrogens (primary N) is 1. The van der Waals surface area contributed by atoms with E-state index in [4.69, 9.17) is 5.73 Å². The van der Waals surface area contributed by atoms with Crippen LogP contribution in [0.5, 0.6) is 0 Å². The Morgan fingerprint density at radius 3 is 2.16 bits per heavy atom. The van der Waals surface area contributed by atoms with E-state index in [-0.39, 0.29) is 35.2 Å². The number of hydrogen-bond acceptors (Lipinski definition) is 6. The largest absolute Gasteiger partial charge is 0.368 e. The SMILES string of the molecule is CC(C)(C)c1ccc(C(=O)Nc2cc(C(=O)NC3CCC(N)CC3)ccc2N2CCCN(C(=O)c3ccncc3)CC2)cc1. The van der Waals surface area contributed by atoms with Gasteiger partial charge in [0.05, 0.1) is 11.4 Å². The Morgan fingerprint density at radius 2 is 1.48 bits per heavy atom. The molecule has 0 spiro atoms. The highest BCUT2D eigenvalue weighted by atomic mass is 16.2. The number of pyridine rings is 1. The third kappa shape index (κ3) is 7.63. The molecule has 0 atom stereocenters. The van der Waals surface area contributed by atoms with Gasteiger partial charge in [-0.15, -0.1) is 0 Å². The van der Waals surface area contributed by atoms with Crippen molar-refractivity contribution in [2.75, 3.05) is 36.4 Å². The van der Waals surface area contributed by atoms with Gasteiger partial charge in [0, 0.05) is 67.3 Å². The predicted octanol–water partition coefficient (Wildman–Crippen LogP) is 4.98. The van der Waals surface area contributed by atoms with Crippen LogP contribution < -0.4 is 21.3 Å². The Kier molecular flexibility index (Phi) is 9.64. The van der Waals surface area contributed by atoms with Gasteiger partial charge in [-0.05, 0) is 85.5 Å². The van der Waals surface area contributed by atoms with Gasteiger partial charge in [0.25, 0.3) is 17.7 Å². The highest BCUT2D eigenvalue weighted by molar-refractivity contribution is 6.07. The van der Waals surface area contributed by atoms with Gasteiger partial charge >= 0.3 is 0 Å². The van der Waals surface area contributed by atoms with E-state index in [9.17, 15) is 14.4 Å². The number of carbonyl (C=O) groups is 3. The number of nitrogens with one attached hydrogen (secondary N) is 2. The van der Waals surface area contributed by atoms with Crippen LogP contribution in [0, 0.1) is 0 Å². The zero-order valence-electron chi connectivity index (χ0n) is 26.0. The molecule has 9 heteroatoms. The lowest BCUT2D eigenvalue weighted by Crippen LogP contribution is -2.40. The molecule has 5 rings (SSSR count). The van der Waals surface area contributed by atoms with E-state index in [0.717, 1.165) is 43.4 Å². The van der Waals surface area contributed by atoms with Gasteiger partial charge in [-0.3, -0.25) is 19.4 Å². The van der Waals surface area contributed by atoms with E-state index >= 15 is 0 Å². The van der Waals surface area contributed by atoms with Crippen molar-refractivity contribution in [2.24, 2.45) is 5.73 Å². The van der Waals surface area contributed by atoms with Gasteiger partial charge in [0.15, 0.2) is 0 Å². The molecular weight excluding hydrogens is 552 g/mol. The maximum atomic E-state index is 13.5. The molecule has 0 radical (unpaired) electrons. The van der Waals surface area contributed by atoms with Crippen LogP contribution in [0.25, 0.3) is 0 Å². The molecule has 1 aromatic heterocycles. The number of benzene rings is 2. The zero-order valence-corrected chi connectivity index (χ0v) is 26.0. The number of nitrogens with zero attached hydrogens (tertiary/aromatic N) is 3. The average Bonchev–Trinajstić information content (AvgIpc) is 3.28. The summed E-state index contributed by atoms with van der Waals surface area (Å²) in [6.07, 6.45) is 7.55. The highest BCUT2D eigenvalue weighted by Gasteiger charge is 2.25. The molecule has 2 aliphatic rings. The molecule has 2 aromatic carbocycles. The van der Waals surface area contributed by atoms with Crippen LogP contribution >= 0.6 is 0 Å². The van der Waals surface area contributed by atoms with Crippen molar-refractivity contribution >= 4 is 29.1 Å². The van der Waals surface area contributed by atoms with Gasteiger partial charge < -0.3 is 26.2 Å². The van der Waals surface area contributed by atoms with Gasteiger partial charge in [-0.25, -0.2) is 0 Å².